The van der Waals surface area contributed by atoms with Crippen molar-refractivity contribution in [2.45, 2.75) is 27.7 Å². The molecule has 0 bridgehead atoms. The number of anilines is 3. The summed E-state index contributed by atoms with van der Waals surface area (Å²) in [6.07, 6.45) is 0. The van der Waals surface area contributed by atoms with E-state index in [1.54, 1.807) is 25.1 Å². The van der Waals surface area contributed by atoms with E-state index in [9.17, 15) is 9.59 Å². The Morgan fingerprint density at radius 3 is 2.33 bits per heavy atom. The van der Waals surface area contributed by atoms with Crippen molar-refractivity contribution in [3.8, 4) is 0 Å². The van der Waals surface area contributed by atoms with Gasteiger partial charge in [-0.2, -0.15) is 0 Å². The Morgan fingerprint density at radius 1 is 1.00 bits per heavy atom. The van der Waals surface area contributed by atoms with Crippen molar-refractivity contribution in [3.63, 3.8) is 0 Å². The minimum atomic E-state index is -0.302. The molecule has 2 N–H and O–H groups in total. The van der Waals surface area contributed by atoms with Crippen LogP contribution in [0.1, 0.15) is 44.0 Å². The van der Waals surface area contributed by atoms with Gasteiger partial charge in [-0.15, -0.1) is 0 Å². The standard InChI is InChI=1S/C19H19N5O2S/c1-10-8-11(2)21-18(20-10)23-15-7-5-6-14(9-15)17(26)24-19-22-12(3)16(27-19)13(4)25/h5-9H,1-4H3,(H,20,21,23)(H,22,24,26). The fourth-order valence-corrected chi connectivity index (χ4v) is 3.45. The van der Waals surface area contributed by atoms with Crippen LogP contribution in [0.2, 0.25) is 0 Å². The summed E-state index contributed by atoms with van der Waals surface area (Å²) in [6, 6.07) is 8.91. The second-order valence-electron chi connectivity index (χ2n) is 6.12. The number of aromatic nitrogens is 3. The van der Waals surface area contributed by atoms with Gasteiger partial charge in [0.15, 0.2) is 10.9 Å². The number of rotatable bonds is 5. The average Bonchev–Trinajstić information content (AvgIpc) is 2.94. The van der Waals surface area contributed by atoms with E-state index >= 15 is 0 Å². The van der Waals surface area contributed by atoms with Gasteiger partial charge >= 0.3 is 0 Å². The van der Waals surface area contributed by atoms with Gasteiger partial charge in [0.2, 0.25) is 5.95 Å². The number of Topliss-reactive ketones (excluding diaryl/α,β-unsaturated/α-hetero) is 1. The molecule has 0 unspecified atom stereocenters. The van der Waals surface area contributed by atoms with Crippen LogP contribution in [0.15, 0.2) is 30.3 Å². The third kappa shape index (κ3) is 4.53. The molecule has 0 spiro atoms. The van der Waals surface area contributed by atoms with Gasteiger partial charge in [0.25, 0.3) is 5.91 Å². The van der Waals surface area contributed by atoms with Crippen LogP contribution >= 0.6 is 11.3 Å². The zero-order valence-electron chi connectivity index (χ0n) is 15.5. The maximum atomic E-state index is 12.5. The Hall–Kier alpha value is -3.13. The van der Waals surface area contributed by atoms with Crippen LogP contribution in [0.4, 0.5) is 16.8 Å². The number of hydrogen-bond acceptors (Lipinski definition) is 7. The molecule has 0 saturated heterocycles. The Morgan fingerprint density at radius 2 is 1.70 bits per heavy atom. The van der Waals surface area contributed by atoms with Crippen LogP contribution in [0.5, 0.6) is 0 Å². The van der Waals surface area contributed by atoms with Crippen molar-refractivity contribution < 1.29 is 9.59 Å². The number of thiazole rings is 1. The summed E-state index contributed by atoms with van der Waals surface area (Å²) in [6.45, 7) is 7.03. The Balaban J connectivity index is 1.77. The van der Waals surface area contributed by atoms with Crippen LogP contribution in [-0.4, -0.2) is 26.6 Å². The molecule has 0 aliphatic carbocycles. The van der Waals surface area contributed by atoms with Crippen LogP contribution in [0.25, 0.3) is 0 Å². The first kappa shape index (κ1) is 18.7. The zero-order chi connectivity index (χ0) is 19.6. The minimum Gasteiger partial charge on any atom is -0.324 e. The number of hydrogen-bond donors (Lipinski definition) is 2. The van der Waals surface area contributed by atoms with Gasteiger partial charge in [0.1, 0.15) is 0 Å². The van der Waals surface area contributed by atoms with E-state index in [2.05, 4.69) is 25.6 Å². The number of ketones is 1. The van der Waals surface area contributed by atoms with E-state index in [0.29, 0.717) is 32.9 Å². The van der Waals surface area contributed by atoms with E-state index in [4.69, 9.17) is 0 Å². The molecule has 0 atom stereocenters. The lowest BCUT2D eigenvalue weighted by Gasteiger charge is -2.08. The van der Waals surface area contributed by atoms with Crippen LogP contribution in [-0.2, 0) is 0 Å². The average molecular weight is 381 g/mol. The molecule has 0 aliphatic heterocycles. The number of amides is 1. The van der Waals surface area contributed by atoms with Gasteiger partial charge in [-0.05, 0) is 45.0 Å². The van der Waals surface area contributed by atoms with Gasteiger partial charge in [-0.25, -0.2) is 15.0 Å². The summed E-state index contributed by atoms with van der Waals surface area (Å²) in [5.41, 5.74) is 3.50. The van der Waals surface area contributed by atoms with Crippen LogP contribution in [0, 0.1) is 20.8 Å². The van der Waals surface area contributed by atoms with Crippen molar-refractivity contribution in [1.82, 2.24) is 15.0 Å². The monoisotopic (exact) mass is 381 g/mol. The summed E-state index contributed by atoms with van der Waals surface area (Å²) in [4.78, 5) is 37.5. The van der Waals surface area contributed by atoms with E-state index in [1.807, 2.05) is 26.0 Å². The number of carbonyl (C=O) groups is 2. The summed E-state index contributed by atoms with van der Waals surface area (Å²) in [5.74, 6) is 0.112. The van der Waals surface area contributed by atoms with Crippen LogP contribution < -0.4 is 10.6 Å². The lowest BCUT2D eigenvalue weighted by Crippen LogP contribution is -2.12. The molecular formula is C19H19N5O2S. The van der Waals surface area contributed by atoms with Crippen LogP contribution in [0.3, 0.4) is 0 Å². The molecule has 3 rings (SSSR count). The summed E-state index contributed by atoms with van der Waals surface area (Å²) < 4.78 is 0. The molecule has 138 valence electrons. The molecule has 7 nitrogen and oxygen atoms in total. The first-order chi connectivity index (χ1) is 12.8. The topological polar surface area (TPSA) is 96.9 Å². The fraction of sp³-hybridized carbons (Fsp3) is 0.211. The predicted molar refractivity (Wildman–Crippen MR) is 106 cm³/mol. The Labute approximate surface area is 160 Å². The molecule has 0 fully saturated rings. The molecular weight excluding hydrogens is 362 g/mol. The normalized spacial score (nSPS) is 10.5. The highest BCUT2D eigenvalue weighted by Gasteiger charge is 2.14. The largest absolute Gasteiger partial charge is 0.324 e. The van der Waals surface area contributed by atoms with Crippen molar-refractivity contribution >= 4 is 39.8 Å². The Kier molecular flexibility index (Phi) is 5.27. The molecule has 1 aromatic carbocycles. The summed E-state index contributed by atoms with van der Waals surface area (Å²) >= 11 is 1.17. The third-order valence-corrected chi connectivity index (χ3v) is 4.87. The van der Waals surface area contributed by atoms with Crippen molar-refractivity contribution in [1.29, 1.82) is 0 Å². The predicted octanol–water partition coefficient (Wildman–Crippen LogP) is 4.06. The highest BCUT2D eigenvalue weighted by atomic mass is 32.1. The smallest absolute Gasteiger partial charge is 0.257 e. The quantitative estimate of drug-likeness (QED) is 0.647. The second kappa shape index (κ2) is 7.63. The van der Waals surface area contributed by atoms with E-state index in [1.165, 1.54) is 18.3 Å². The first-order valence-corrected chi connectivity index (χ1v) is 9.12. The highest BCUT2D eigenvalue weighted by molar-refractivity contribution is 7.17. The van der Waals surface area contributed by atoms with E-state index < -0.39 is 0 Å². The number of carbonyl (C=O) groups excluding carboxylic acids is 2. The van der Waals surface area contributed by atoms with Gasteiger partial charge < -0.3 is 5.32 Å². The molecule has 8 heteroatoms. The number of benzene rings is 1. The summed E-state index contributed by atoms with van der Waals surface area (Å²) in [5, 5.41) is 6.26. The van der Waals surface area contributed by atoms with Gasteiger partial charge in [0.05, 0.1) is 10.6 Å². The molecule has 3 aromatic rings. The van der Waals surface area contributed by atoms with Gasteiger partial charge in [0, 0.05) is 29.6 Å². The highest BCUT2D eigenvalue weighted by Crippen LogP contribution is 2.24. The molecule has 2 heterocycles. The number of aryl methyl sites for hydroxylation is 3. The van der Waals surface area contributed by atoms with Crippen molar-refractivity contribution in [2.75, 3.05) is 10.6 Å². The number of nitrogens with one attached hydrogen (secondary N) is 2. The maximum absolute atomic E-state index is 12.5. The van der Waals surface area contributed by atoms with E-state index in [0.717, 1.165) is 11.4 Å². The molecule has 0 radical (unpaired) electrons. The molecule has 0 saturated carbocycles. The number of nitrogens with zero attached hydrogens (tertiary/aromatic N) is 3. The maximum Gasteiger partial charge on any atom is 0.257 e. The van der Waals surface area contributed by atoms with E-state index in [-0.39, 0.29) is 11.7 Å². The molecule has 0 aliphatic rings. The first-order valence-electron chi connectivity index (χ1n) is 8.31. The summed E-state index contributed by atoms with van der Waals surface area (Å²) in [7, 11) is 0. The second-order valence-corrected chi connectivity index (χ2v) is 7.12. The molecule has 27 heavy (non-hydrogen) atoms. The lowest BCUT2D eigenvalue weighted by molar-refractivity contribution is 0.101. The third-order valence-electron chi connectivity index (χ3n) is 3.70. The molecule has 1 amide bonds. The SMILES string of the molecule is CC(=O)c1sc(NC(=O)c2cccc(Nc3nc(C)cc(C)n3)c2)nc1C. The zero-order valence-corrected chi connectivity index (χ0v) is 16.3. The fourth-order valence-electron chi connectivity index (χ4n) is 2.59. The van der Waals surface area contributed by atoms with Gasteiger partial charge in [-0.1, -0.05) is 17.4 Å². The Bertz CT molecular complexity index is 1010. The lowest BCUT2D eigenvalue weighted by atomic mass is 10.2. The van der Waals surface area contributed by atoms with Gasteiger partial charge in [-0.3, -0.25) is 14.9 Å². The van der Waals surface area contributed by atoms with Crippen molar-refractivity contribution in [3.05, 3.63) is 57.9 Å². The minimum absolute atomic E-state index is 0.0647. The molecule has 2 aromatic heterocycles. The van der Waals surface area contributed by atoms with Crippen molar-refractivity contribution in [2.24, 2.45) is 0 Å².